The predicted molar refractivity (Wildman–Crippen MR) is 114 cm³/mol. The third kappa shape index (κ3) is 4.39. The van der Waals surface area contributed by atoms with Crippen LogP contribution in [0.25, 0.3) is 10.9 Å². The van der Waals surface area contributed by atoms with Gasteiger partial charge in [0.15, 0.2) is 0 Å². The van der Waals surface area contributed by atoms with E-state index in [-0.39, 0.29) is 18.4 Å². The van der Waals surface area contributed by atoms with Gasteiger partial charge >= 0.3 is 0 Å². The zero-order valence-electron chi connectivity index (χ0n) is 15.8. The Kier molecular flexibility index (Phi) is 5.74. The Morgan fingerprint density at radius 1 is 0.966 bits per heavy atom. The second kappa shape index (κ2) is 8.59. The summed E-state index contributed by atoms with van der Waals surface area (Å²) in [5, 5.41) is 4.30. The quantitative estimate of drug-likeness (QED) is 0.719. The number of fused-ring (bicyclic) bond motifs is 1. The highest BCUT2D eigenvalue weighted by Gasteiger charge is 2.24. The van der Waals surface area contributed by atoms with Crippen LogP contribution in [0.15, 0.2) is 60.8 Å². The third-order valence-corrected chi connectivity index (χ3v) is 5.37. The van der Waals surface area contributed by atoms with Crippen LogP contribution in [-0.2, 0) is 4.79 Å². The van der Waals surface area contributed by atoms with Crippen LogP contribution in [0.4, 0.5) is 5.69 Å². The molecule has 2 heterocycles. The van der Waals surface area contributed by atoms with Crippen molar-refractivity contribution in [2.24, 2.45) is 0 Å². The average molecular weight is 409 g/mol. The van der Waals surface area contributed by atoms with Crippen molar-refractivity contribution in [2.45, 2.75) is 0 Å². The highest BCUT2D eigenvalue weighted by molar-refractivity contribution is 6.33. The summed E-state index contributed by atoms with van der Waals surface area (Å²) in [4.78, 5) is 33.6. The molecule has 0 saturated carbocycles. The molecule has 29 heavy (non-hydrogen) atoms. The maximum absolute atomic E-state index is 13.0. The fourth-order valence-corrected chi connectivity index (χ4v) is 3.69. The molecule has 148 valence electrons. The van der Waals surface area contributed by atoms with Crippen molar-refractivity contribution in [3.8, 4) is 0 Å². The fourth-order valence-electron chi connectivity index (χ4n) is 3.51. The molecule has 1 aliphatic heterocycles. The number of para-hydroxylation sites is 2. The molecule has 3 aromatic rings. The number of aromatic nitrogens is 1. The zero-order chi connectivity index (χ0) is 20.2. The number of rotatable bonds is 4. The van der Waals surface area contributed by atoms with Crippen LogP contribution >= 0.6 is 11.6 Å². The first-order chi connectivity index (χ1) is 14.1. The van der Waals surface area contributed by atoms with E-state index < -0.39 is 0 Å². The molecule has 1 aliphatic rings. The molecule has 0 spiro atoms. The second-order valence-corrected chi connectivity index (χ2v) is 7.38. The average Bonchev–Trinajstić information content (AvgIpc) is 2.75. The topological polar surface area (TPSA) is 65.5 Å². The van der Waals surface area contributed by atoms with Crippen LogP contribution in [0.1, 0.15) is 10.4 Å². The molecule has 6 nitrogen and oxygen atoms in total. The second-order valence-electron chi connectivity index (χ2n) is 6.98. The summed E-state index contributed by atoms with van der Waals surface area (Å²) in [6.45, 7) is 2.69. The van der Waals surface area contributed by atoms with Gasteiger partial charge in [0.1, 0.15) is 0 Å². The van der Waals surface area contributed by atoms with E-state index in [1.807, 2.05) is 52.3 Å². The van der Waals surface area contributed by atoms with Crippen LogP contribution in [0.3, 0.4) is 0 Å². The van der Waals surface area contributed by atoms with Crippen LogP contribution in [-0.4, -0.2) is 59.3 Å². The largest absolute Gasteiger partial charge is 0.336 e. The number of amides is 2. The molecule has 4 rings (SSSR count). The number of hydrogen-bond donors (Lipinski definition) is 1. The van der Waals surface area contributed by atoms with Gasteiger partial charge in [-0.05, 0) is 24.3 Å². The van der Waals surface area contributed by atoms with Gasteiger partial charge in [0.05, 0.1) is 28.3 Å². The number of nitrogens with one attached hydrogen (secondary N) is 1. The molecule has 0 bridgehead atoms. The first kappa shape index (κ1) is 19.4. The SMILES string of the molecule is O=C(CN1CCN(C(=O)c2cccc3cccnc23)CC1)Nc1ccccc1Cl. The first-order valence-electron chi connectivity index (χ1n) is 9.51. The Balaban J connectivity index is 1.35. The van der Waals surface area contributed by atoms with E-state index >= 15 is 0 Å². The fraction of sp³-hybridized carbons (Fsp3) is 0.227. The summed E-state index contributed by atoms with van der Waals surface area (Å²) >= 11 is 6.09. The van der Waals surface area contributed by atoms with Gasteiger partial charge < -0.3 is 10.2 Å². The van der Waals surface area contributed by atoms with Crippen molar-refractivity contribution in [3.05, 3.63) is 71.4 Å². The van der Waals surface area contributed by atoms with Crippen molar-refractivity contribution >= 4 is 40.0 Å². The normalized spacial score (nSPS) is 14.7. The lowest BCUT2D eigenvalue weighted by Crippen LogP contribution is -2.50. The highest BCUT2D eigenvalue weighted by Crippen LogP contribution is 2.21. The number of pyridine rings is 1. The Hall–Kier alpha value is -2.96. The van der Waals surface area contributed by atoms with Crippen LogP contribution in [0, 0.1) is 0 Å². The molecule has 0 atom stereocenters. The van der Waals surface area contributed by atoms with Gasteiger partial charge in [-0.25, -0.2) is 0 Å². The van der Waals surface area contributed by atoms with E-state index in [4.69, 9.17) is 11.6 Å². The molecule has 0 aliphatic carbocycles. The molecular weight excluding hydrogens is 388 g/mol. The lowest BCUT2D eigenvalue weighted by molar-refractivity contribution is -0.117. The number of hydrogen-bond acceptors (Lipinski definition) is 4. The van der Waals surface area contributed by atoms with Gasteiger partial charge in [0.25, 0.3) is 5.91 Å². The lowest BCUT2D eigenvalue weighted by Gasteiger charge is -2.34. The van der Waals surface area contributed by atoms with Crippen molar-refractivity contribution in [1.29, 1.82) is 0 Å². The van der Waals surface area contributed by atoms with Crippen molar-refractivity contribution in [1.82, 2.24) is 14.8 Å². The maximum atomic E-state index is 13.0. The molecule has 0 radical (unpaired) electrons. The van der Waals surface area contributed by atoms with Crippen molar-refractivity contribution < 1.29 is 9.59 Å². The maximum Gasteiger partial charge on any atom is 0.256 e. The molecule has 1 aromatic heterocycles. The molecule has 2 aromatic carbocycles. The minimum absolute atomic E-state index is 0.0190. The van der Waals surface area contributed by atoms with E-state index in [2.05, 4.69) is 10.3 Å². The highest BCUT2D eigenvalue weighted by atomic mass is 35.5. The number of nitrogens with zero attached hydrogens (tertiary/aromatic N) is 3. The van der Waals surface area contributed by atoms with Gasteiger partial charge in [-0.1, -0.05) is 41.9 Å². The predicted octanol–water partition coefficient (Wildman–Crippen LogP) is 3.28. The summed E-state index contributed by atoms with van der Waals surface area (Å²) < 4.78 is 0. The van der Waals surface area contributed by atoms with Crippen LogP contribution in [0.2, 0.25) is 5.02 Å². The first-order valence-corrected chi connectivity index (χ1v) is 9.89. The van der Waals surface area contributed by atoms with Gasteiger partial charge in [-0.2, -0.15) is 0 Å². The number of anilines is 1. The molecule has 1 fully saturated rings. The minimum atomic E-state index is -0.115. The standard InChI is InChI=1S/C22H21ClN4O2/c23-18-8-1-2-9-19(18)25-20(28)15-26-11-13-27(14-12-26)22(29)17-7-3-5-16-6-4-10-24-21(16)17/h1-10H,11-15H2,(H,25,28). The Labute approximate surface area is 174 Å². The van der Waals surface area contributed by atoms with E-state index in [0.717, 1.165) is 10.9 Å². The lowest BCUT2D eigenvalue weighted by atomic mass is 10.1. The smallest absolute Gasteiger partial charge is 0.256 e. The van der Waals surface area contributed by atoms with E-state index in [9.17, 15) is 9.59 Å². The summed E-state index contributed by atoms with van der Waals surface area (Å²) in [5.41, 5.74) is 1.95. The van der Waals surface area contributed by atoms with Gasteiger partial charge in [-0.15, -0.1) is 0 Å². The van der Waals surface area contributed by atoms with Crippen molar-refractivity contribution in [3.63, 3.8) is 0 Å². The molecule has 1 saturated heterocycles. The third-order valence-electron chi connectivity index (χ3n) is 5.04. The summed E-state index contributed by atoms with van der Waals surface area (Å²) in [5.74, 6) is -0.134. The number of halogens is 1. The Morgan fingerprint density at radius 3 is 2.52 bits per heavy atom. The monoisotopic (exact) mass is 408 g/mol. The Bertz CT molecular complexity index is 1040. The number of piperazine rings is 1. The van der Waals surface area contributed by atoms with E-state index in [1.54, 1.807) is 18.3 Å². The molecular formula is C22H21ClN4O2. The summed E-state index contributed by atoms with van der Waals surface area (Å²) in [6.07, 6.45) is 1.70. The summed E-state index contributed by atoms with van der Waals surface area (Å²) in [7, 11) is 0. The molecule has 2 amide bonds. The number of carbonyl (C=O) groups is 2. The van der Waals surface area contributed by atoms with Crippen molar-refractivity contribution in [2.75, 3.05) is 38.0 Å². The zero-order valence-corrected chi connectivity index (χ0v) is 16.6. The molecule has 1 N–H and O–H groups in total. The van der Waals surface area contributed by atoms with E-state index in [1.165, 1.54) is 0 Å². The van der Waals surface area contributed by atoms with Crippen LogP contribution in [0.5, 0.6) is 0 Å². The Morgan fingerprint density at radius 2 is 1.72 bits per heavy atom. The molecule has 7 heteroatoms. The van der Waals surface area contributed by atoms with Gasteiger partial charge in [0.2, 0.25) is 5.91 Å². The summed E-state index contributed by atoms with van der Waals surface area (Å²) in [6, 6.07) is 16.6. The number of benzene rings is 2. The minimum Gasteiger partial charge on any atom is -0.336 e. The van der Waals surface area contributed by atoms with Crippen LogP contribution < -0.4 is 5.32 Å². The van der Waals surface area contributed by atoms with Gasteiger partial charge in [0, 0.05) is 37.8 Å². The molecule has 0 unspecified atom stereocenters. The van der Waals surface area contributed by atoms with Gasteiger partial charge in [-0.3, -0.25) is 19.5 Å². The van der Waals surface area contributed by atoms with E-state index in [0.29, 0.717) is 42.5 Å². The number of carbonyl (C=O) groups excluding carboxylic acids is 2.